The number of sulfonamides is 1. The van der Waals surface area contributed by atoms with Crippen LogP contribution in [0.5, 0.6) is 11.5 Å². The third-order valence-corrected chi connectivity index (χ3v) is 6.11. The Balaban J connectivity index is 1.76. The number of thiocarbonyl (C=S) groups is 1. The van der Waals surface area contributed by atoms with Crippen LogP contribution in [0.4, 0.5) is 11.6 Å². The largest absolute Gasteiger partial charge is 0.497 e. The minimum Gasteiger partial charge on any atom is -0.497 e. The zero-order valence-corrected chi connectivity index (χ0v) is 22.5. The highest BCUT2D eigenvalue weighted by molar-refractivity contribution is 7.89. The van der Waals surface area contributed by atoms with Crippen molar-refractivity contribution in [1.29, 1.82) is 0 Å². The summed E-state index contributed by atoms with van der Waals surface area (Å²) in [6, 6.07) is 13.5. The lowest BCUT2D eigenvalue weighted by molar-refractivity contribution is 0.395. The summed E-state index contributed by atoms with van der Waals surface area (Å²) in [7, 11) is -0.611. The van der Waals surface area contributed by atoms with Crippen molar-refractivity contribution >= 4 is 44.9 Å². The predicted octanol–water partition coefficient (Wildman–Crippen LogP) is 2.76. The second kappa shape index (κ2) is 12.4. The highest BCUT2D eigenvalue weighted by atomic mass is 32.2. The van der Waals surface area contributed by atoms with Gasteiger partial charge in [-0.3, -0.25) is 10.3 Å². The van der Waals surface area contributed by atoms with Crippen LogP contribution in [-0.4, -0.2) is 50.2 Å². The molecule has 0 radical (unpaired) electrons. The molecule has 1 aromatic heterocycles. The van der Waals surface area contributed by atoms with E-state index in [9.17, 15) is 8.42 Å². The molecule has 0 aliphatic carbocycles. The summed E-state index contributed by atoms with van der Waals surface area (Å²) in [6.07, 6.45) is 0.540. The van der Waals surface area contributed by atoms with Crippen molar-refractivity contribution in [3.63, 3.8) is 0 Å². The Morgan fingerprint density at radius 1 is 0.973 bits per heavy atom. The Morgan fingerprint density at radius 3 is 2.11 bits per heavy atom. The SMILES string of the molecule is COc1cc(NC(=S)NC(=NCCc2ccc(S(N)(=O)=O)cc2)Nc2nc(C)cc(C)n2)cc(OC)c1. The van der Waals surface area contributed by atoms with Crippen LogP contribution in [0.1, 0.15) is 17.0 Å². The molecule has 0 saturated carbocycles. The van der Waals surface area contributed by atoms with E-state index < -0.39 is 10.0 Å². The number of ether oxygens (including phenoxy) is 2. The number of benzene rings is 2. The van der Waals surface area contributed by atoms with Gasteiger partial charge in [-0.1, -0.05) is 12.1 Å². The topological polar surface area (TPSA) is 153 Å². The van der Waals surface area contributed by atoms with Gasteiger partial charge < -0.3 is 20.1 Å². The molecule has 196 valence electrons. The van der Waals surface area contributed by atoms with E-state index in [-0.39, 0.29) is 10.0 Å². The number of aliphatic imine (C=N–C) groups is 1. The number of primary sulfonamides is 1. The van der Waals surface area contributed by atoms with E-state index in [4.69, 9.17) is 26.8 Å². The molecule has 0 unspecified atom stereocenters. The minimum atomic E-state index is -3.74. The van der Waals surface area contributed by atoms with E-state index in [1.807, 2.05) is 19.9 Å². The second-order valence-electron chi connectivity index (χ2n) is 7.95. The molecular weight excluding hydrogens is 514 g/mol. The summed E-state index contributed by atoms with van der Waals surface area (Å²) in [4.78, 5) is 13.4. The van der Waals surface area contributed by atoms with Crippen LogP contribution < -0.4 is 30.6 Å². The van der Waals surface area contributed by atoms with Crippen molar-refractivity contribution in [1.82, 2.24) is 15.3 Å². The van der Waals surface area contributed by atoms with Crippen molar-refractivity contribution in [2.45, 2.75) is 25.2 Å². The molecule has 0 bridgehead atoms. The number of anilines is 2. The number of nitrogens with one attached hydrogen (secondary N) is 3. The smallest absolute Gasteiger partial charge is 0.238 e. The predicted molar refractivity (Wildman–Crippen MR) is 148 cm³/mol. The molecule has 11 nitrogen and oxygen atoms in total. The maximum absolute atomic E-state index is 11.5. The van der Waals surface area contributed by atoms with E-state index >= 15 is 0 Å². The maximum atomic E-state index is 11.5. The van der Waals surface area contributed by atoms with Crippen LogP contribution in [-0.2, 0) is 16.4 Å². The summed E-state index contributed by atoms with van der Waals surface area (Å²) in [6.45, 7) is 4.11. The number of nitrogens with two attached hydrogens (primary N) is 1. The molecule has 0 fully saturated rings. The highest BCUT2D eigenvalue weighted by Crippen LogP contribution is 2.25. The number of hydrogen-bond acceptors (Lipinski definition) is 8. The van der Waals surface area contributed by atoms with Gasteiger partial charge in [0.1, 0.15) is 11.5 Å². The van der Waals surface area contributed by atoms with Crippen LogP contribution in [0.2, 0.25) is 0 Å². The van der Waals surface area contributed by atoms with Gasteiger partial charge in [0.2, 0.25) is 21.9 Å². The van der Waals surface area contributed by atoms with Gasteiger partial charge in [-0.05, 0) is 56.2 Å². The Bertz CT molecular complexity index is 1350. The van der Waals surface area contributed by atoms with Gasteiger partial charge in [-0.25, -0.2) is 23.5 Å². The van der Waals surface area contributed by atoms with Crippen LogP contribution in [0.25, 0.3) is 0 Å². The van der Waals surface area contributed by atoms with Gasteiger partial charge in [-0.2, -0.15) is 0 Å². The molecule has 0 atom stereocenters. The van der Waals surface area contributed by atoms with Crippen molar-refractivity contribution in [3.05, 3.63) is 65.5 Å². The van der Waals surface area contributed by atoms with Crippen LogP contribution in [0.3, 0.4) is 0 Å². The highest BCUT2D eigenvalue weighted by Gasteiger charge is 2.10. The summed E-state index contributed by atoms with van der Waals surface area (Å²) < 4.78 is 33.6. The molecule has 5 N–H and O–H groups in total. The molecule has 0 spiro atoms. The summed E-state index contributed by atoms with van der Waals surface area (Å²) in [5.74, 6) is 1.91. The Hall–Kier alpha value is -3.81. The van der Waals surface area contributed by atoms with Gasteiger partial charge in [-0.15, -0.1) is 0 Å². The lowest BCUT2D eigenvalue weighted by Crippen LogP contribution is -2.39. The number of aryl methyl sites for hydroxylation is 2. The Kier molecular flexibility index (Phi) is 9.33. The summed E-state index contributed by atoms with van der Waals surface area (Å²) >= 11 is 5.50. The van der Waals surface area contributed by atoms with Crippen molar-refractivity contribution in [2.75, 3.05) is 31.4 Å². The van der Waals surface area contributed by atoms with E-state index in [0.717, 1.165) is 17.0 Å². The van der Waals surface area contributed by atoms with Gasteiger partial charge in [0, 0.05) is 41.8 Å². The third-order valence-electron chi connectivity index (χ3n) is 4.98. The number of guanidine groups is 1. The average molecular weight is 544 g/mol. The van der Waals surface area contributed by atoms with Crippen LogP contribution in [0, 0.1) is 13.8 Å². The number of nitrogens with zero attached hydrogens (tertiary/aromatic N) is 3. The lowest BCUT2D eigenvalue weighted by Gasteiger charge is -2.15. The first-order valence-corrected chi connectivity index (χ1v) is 13.1. The minimum absolute atomic E-state index is 0.0568. The average Bonchev–Trinajstić information content (AvgIpc) is 2.82. The van der Waals surface area contributed by atoms with E-state index in [0.29, 0.717) is 42.1 Å². The van der Waals surface area contributed by atoms with Crippen molar-refractivity contribution in [3.8, 4) is 11.5 Å². The molecule has 0 amide bonds. The first-order chi connectivity index (χ1) is 17.5. The molecule has 13 heteroatoms. The van der Waals surface area contributed by atoms with Gasteiger partial charge in [0.25, 0.3) is 0 Å². The molecule has 2 aromatic carbocycles. The van der Waals surface area contributed by atoms with Gasteiger partial charge >= 0.3 is 0 Å². The molecular formula is C24H29N7O4S2. The van der Waals surface area contributed by atoms with Crippen molar-refractivity contribution in [2.24, 2.45) is 10.1 Å². The zero-order chi connectivity index (χ0) is 27.0. The van der Waals surface area contributed by atoms with E-state index in [1.54, 1.807) is 44.6 Å². The zero-order valence-electron chi connectivity index (χ0n) is 20.9. The molecule has 3 rings (SSSR count). The number of rotatable bonds is 8. The first-order valence-electron chi connectivity index (χ1n) is 11.1. The van der Waals surface area contributed by atoms with Gasteiger partial charge in [0.05, 0.1) is 19.1 Å². The number of aromatic nitrogens is 2. The van der Waals surface area contributed by atoms with Crippen molar-refractivity contribution < 1.29 is 17.9 Å². The molecule has 3 aromatic rings. The normalized spacial score (nSPS) is 11.5. The Morgan fingerprint density at radius 2 is 1.57 bits per heavy atom. The lowest BCUT2D eigenvalue weighted by atomic mass is 10.1. The fourth-order valence-corrected chi connectivity index (χ4v) is 4.02. The van der Waals surface area contributed by atoms with Crippen LogP contribution in [0.15, 0.2) is 58.4 Å². The number of hydrogen-bond donors (Lipinski definition) is 4. The molecule has 0 saturated heterocycles. The fraction of sp³-hybridized carbons (Fsp3) is 0.250. The molecule has 0 aliphatic rings. The maximum Gasteiger partial charge on any atom is 0.238 e. The first kappa shape index (κ1) is 27.8. The fourth-order valence-electron chi connectivity index (χ4n) is 3.29. The summed E-state index contributed by atoms with van der Waals surface area (Å²) in [5, 5.41) is 14.6. The van der Waals surface area contributed by atoms with Crippen LogP contribution >= 0.6 is 12.2 Å². The van der Waals surface area contributed by atoms with Gasteiger partial charge in [0.15, 0.2) is 5.11 Å². The molecule has 0 aliphatic heterocycles. The summed E-state index contributed by atoms with van der Waals surface area (Å²) in [5.41, 5.74) is 3.15. The Labute approximate surface area is 221 Å². The quantitative estimate of drug-likeness (QED) is 0.189. The molecule has 1 heterocycles. The van der Waals surface area contributed by atoms with E-state index in [2.05, 4.69) is 30.9 Å². The van der Waals surface area contributed by atoms with E-state index in [1.165, 1.54) is 12.1 Å². The monoisotopic (exact) mass is 543 g/mol. The number of methoxy groups -OCH3 is 2. The third kappa shape index (κ3) is 8.66. The standard InChI is InChI=1S/C24H29N7O4S2/c1-15-11-16(2)28-23(27-15)30-22(26-10-9-17-5-7-21(8-6-17)37(25,32)33)31-24(36)29-18-12-19(34-3)14-20(13-18)35-4/h5-8,11-14H,9-10H2,1-4H3,(H2,25,32,33)(H3,26,27,28,29,30,31,36). The molecule has 37 heavy (non-hydrogen) atoms. The second-order valence-corrected chi connectivity index (χ2v) is 9.92.